The topological polar surface area (TPSA) is 21.8 Å². The number of hydrogen-bond donors (Lipinski definition) is 1. The monoisotopic (exact) mass is 548 g/mol. The van der Waals surface area contributed by atoms with Crippen LogP contribution in [-0.4, -0.2) is 46.6 Å². The fourth-order valence-electron chi connectivity index (χ4n) is 5.64. The summed E-state index contributed by atoms with van der Waals surface area (Å²) >= 11 is 5.97. The van der Waals surface area contributed by atoms with Gasteiger partial charge in [0.2, 0.25) is 0 Å². The van der Waals surface area contributed by atoms with E-state index in [1.54, 1.807) is 0 Å². The maximum atomic E-state index is 5.97. The van der Waals surface area contributed by atoms with Gasteiger partial charge in [0, 0.05) is 56.2 Å². The number of thiocarbonyl (C=S) groups is 1. The second-order valence-corrected chi connectivity index (χ2v) is 11.1. The summed E-state index contributed by atoms with van der Waals surface area (Å²) in [5.74, 6) is 0. The van der Waals surface area contributed by atoms with Crippen LogP contribution in [0.2, 0.25) is 0 Å². The summed E-state index contributed by atoms with van der Waals surface area (Å²) in [6.45, 7) is 7.48. The lowest BCUT2D eigenvalue weighted by Crippen LogP contribution is -2.51. The molecule has 40 heavy (non-hydrogen) atoms. The normalized spacial score (nSPS) is 15.1. The molecule has 0 aliphatic carbocycles. The molecule has 1 fully saturated rings. The second-order valence-electron chi connectivity index (χ2n) is 10.8. The fraction of sp³-hybridized carbons (Fsp3) is 0.286. The highest BCUT2D eigenvalue weighted by molar-refractivity contribution is 7.80. The number of rotatable bonds is 10. The summed E-state index contributed by atoms with van der Waals surface area (Å²) in [5, 5.41) is 4.24. The molecule has 0 bridgehead atoms. The third kappa shape index (κ3) is 7.79. The standard InChI is InChI=1S/C35H40N4S/c1-29(38(27-30-14-6-2-7-15-30)28-31-16-8-3-9-17-31)26-37-24-22-34(23-25-37)39(33-20-12-5-13-21-33)35(40)36-32-18-10-4-11-19-32/h2-21,29,34H,22-28H2,1H3,(H,36,40). The molecule has 1 N–H and O–H groups in total. The van der Waals surface area contributed by atoms with E-state index >= 15 is 0 Å². The van der Waals surface area contributed by atoms with Crippen LogP contribution in [0, 0.1) is 0 Å². The molecule has 4 aromatic carbocycles. The molecular weight excluding hydrogens is 508 g/mol. The number of hydrogen-bond acceptors (Lipinski definition) is 3. The molecule has 0 aromatic heterocycles. The maximum absolute atomic E-state index is 5.97. The predicted molar refractivity (Wildman–Crippen MR) is 173 cm³/mol. The van der Waals surface area contributed by atoms with Crippen LogP contribution in [-0.2, 0) is 13.1 Å². The van der Waals surface area contributed by atoms with Crippen LogP contribution < -0.4 is 10.2 Å². The van der Waals surface area contributed by atoms with Crippen LogP contribution >= 0.6 is 12.2 Å². The quantitative estimate of drug-likeness (QED) is 0.207. The molecular formula is C35H40N4S. The number of para-hydroxylation sites is 2. The first kappa shape index (κ1) is 28.0. The highest BCUT2D eigenvalue weighted by Gasteiger charge is 2.29. The Morgan fingerprint density at radius 1 is 0.750 bits per heavy atom. The van der Waals surface area contributed by atoms with Crippen molar-refractivity contribution in [2.75, 3.05) is 29.9 Å². The number of anilines is 2. The van der Waals surface area contributed by atoms with E-state index in [0.29, 0.717) is 12.1 Å². The molecule has 1 atom stereocenters. The molecule has 0 saturated carbocycles. The van der Waals surface area contributed by atoms with Crippen molar-refractivity contribution in [2.45, 2.75) is 44.9 Å². The third-order valence-electron chi connectivity index (χ3n) is 7.80. The number of nitrogens with zero attached hydrogens (tertiary/aromatic N) is 3. The van der Waals surface area contributed by atoms with Crippen molar-refractivity contribution in [1.82, 2.24) is 9.80 Å². The van der Waals surface area contributed by atoms with Crippen LogP contribution in [0.1, 0.15) is 30.9 Å². The number of benzene rings is 4. The number of piperidine rings is 1. The molecule has 0 amide bonds. The van der Waals surface area contributed by atoms with E-state index in [-0.39, 0.29) is 0 Å². The molecule has 0 radical (unpaired) electrons. The molecule has 1 aliphatic heterocycles. The first-order valence-corrected chi connectivity index (χ1v) is 14.8. The average Bonchev–Trinajstić information content (AvgIpc) is 3.00. The van der Waals surface area contributed by atoms with Gasteiger partial charge in [-0.2, -0.15) is 0 Å². The molecule has 5 heteroatoms. The molecule has 4 aromatic rings. The number of likely N-dealkylation sites (tertiary alicyclic amines) is 1. The van der Waals surface area contributed by atoms with Crippen molar-refractivity contribution in [3.05, 3.63) is 132 Å². The van der Waals surface area contributed by atoms with E-state index in [2.05, 4.69) is 130 Å². The van der Waals surface area contributed by atoms with E-state index in [1.807, 2.05) is 18.2 Å². The fourth-order valence-corrected chi connectivity index (χ4v) is 6.01. The van der Waals surface area contributed by atoms with Crippen molar-refractivity contribution in [3.8, 4) is 0 Å². The van der Waals surface area contributed by atoms with Crippen LogP contribution in [0.5, 0.6) is 0 Å². The SMILES string of the molecule is CC(CN1CCC(N(C(=S)Nc2ccccc2)c2ccccc2)CC1)N(Cc1ccccc1)Cc1ccccc1. The van der Waals surface area contributed by atoms with E-state index in [0.717, 1.165) is 62.1 Å². The summed E-state index contributed by atoms with van der Waals surface area (Å²) in [6.07, 6.45) is 2.16. The third-order valence-corrected chi connectivity index (χ3v) is 8.10. The van der Waals surface area contributed by atoms with Gasteiger partial charge in [0.05, 0.1) is 0 Å². The summed E-state index contributed by atoms with van der Waals surface area (Å²) in [6, 6.07) is 43.3. The Bertz CT molecular complexity index is 1250. The molecule has 0 spiro atoms. The van der Waals surface area contributed by atoms with Gasteiger partial charge in [-0.15, -0.1) is 0 Å². The highest BCUT2D eigenvalue weighted by atomic mass is 32.1. The Balaban J connectivity index is 1.23. The summed E-state index contributed by atoms with van der Waals surface area (Å²) in [7, 11) is 0. The van der Waals surface area contributed by atoms with E-state index in [9.17, 15) is 0 Å². The van der Waals surface area contributed by atoms with Gasteiger partial charge in [0.15, 0.2) is 5.11 Å². The van der Waals surface area contributed by atoms with Crippen LogP contribution in [0.15, 0.2) is 121 Å². The second kappa shape index (κ2) is 14.2. The minimum Gasteiger partial charge on any atom is -0.332 e. The minimum atomic E-state index is 0.363. The van der Waals surface area contributed by atoms with Gasteiger partial charge in [0.1, 0.15) is 0 Å². The molecule has 1 saturated heterocycles. The molecule has 1 unspecified atom stereocenters. The Morgan fingerprint density at radius 2 is 1.23 bits per heavy atom. The minimum absolute atomic E-state index is 0.363. The van der Waals surface area contributed by atoms with Gasteiger partial charge in [-0.1, -0.05) is 97.1 Å². The summed E-state index contributed by atoms with van der Waals surface area (Å²) in [5.41, 5.74) is 4.90. The first-order chi connectivity index (χ1) is 19.7. The van der Waals surface area contributed by atoms with Crippen molar-refractivity contribution in [1.29, 1.82) is 0 Å². The Labute approximate surface area is 245 Å². The lowest BCUT2D eigenvalue weighted by atomic mass is 10.0. The molecule has 5 rings (SSSR count). The zero-order chi connectivity index (χ0) is 27.6. The zero-order valence-electron chi connectivity index (χ0n) is 23.4. The lowest BCUT2D eigenvalue weighted by molar-refractivity contribution is 0.119. The van der Waals surface area contributed by atoms with Gasteiger partial charge in [0.25, 0.3) is 0 Å². The van der Waals surface area contributed by atoms with Crippen molar-refractivity contribution < 1.29 is 0 Å². The van der Waals surface area contributed by atoms with Crippen LogP contribution in [0.4, 0.5) is 11.4 Å². The molecule has 206 valence electrons. The molecule has 1 aliphatic rings. The Hall–Kier alpha value is -3.51. The van der Waals surface area contributed by atoms with Gasteiger partial charge >= 0.3 is 0 Å². The van der Waals surface area contributed by atoms with E-state index in [4.69, 9.17) is 12.2 Å². The van der Waals surface area contributed by atoms with E-state index in [1.165, 1.54) is 11.1 Å². The average molecular weight is 549 g/mol. The van der Waals surface area contributed by atoms with Crippen molar-refractivity contribution >= 4 is 28.7 Å². The van der Waals surface area contributed by atoms with Gasteiger partial charge in [-0.05, 0) is 67.4 Å². The summed E-state index contributed by atoms with van der Waals surface area (Å²) in [4.78, 5) is 7.59. The van der Waals surface area contributed by atoms with Crippen molar-refractivity contribution in [2.24, 2.45) is 0 Å². The van der Waals surface area contributed by atoms with Crippen LogP contribution in [0.3, 0.4) is 0 Å². The number of nitrogens with one attached hydrogen (secondary N) is 1. The summed E-state index contributed by atoms with van der Waals surface area (Å²) < 4.78 is 0. The Kier molecular flexibility index (Phi) is 9.97. The van der Waals surface area contributed by atoms with Gasteiger partial charge < -0.3 is 15.1 Å². The largest absolute Gasteiger partial charge is 0.332 e. The van der Waals surface area contributed by atoms with Crippen molar-refractivity contribution in [3.63, 3.8) is 0 Å². The van der Waals surface area contributed by atoms with E-state index < -0.39 is 0 Å². The Morgan fingerprint density at radius 3 is 1.75 bits per heavy atom. The van der Waals surface area contributed by atoms with Gasteiger partial charge in [-0.25, -0.2) is 0 Å². The smallest absolute Gasteiger partial charge is 0.178 e. The van der Waals surface area contributed by atoms with Crippen LogP contribution in [0.25, 0.3) is 0 Å². The molecule has 4 nitrogen and oxygen atoms in total. The maximum Gasteiger partial charge on any atom is 0.178 e. The van der Waals surface area contributed by atoms with Gasteiger partial charge in [-0.3, -0.25) is 4.90 Å². The molecule has 1 heterocycles. The first-order valence-electron chi connectivity index (χ1n) is 14.4. The zero-order valence-corrected chi connectivity index (χ0v) is 24.2. The highest BCUT2D eigenvalue weighted by Crippen LogP contribution is 2.26. The predicted octanol–water partition coefficient (Wildman–Crippen LogP) is 7.45. The lowest BCUT2D eigenvalue weighted by Gasteiger charge is -2.41.